The number of carbonyl (C=O) groups is 1. The number of likely N-dealkylation sites (N-methyl/N-ethyl adjacent to an activating group) is 2. The van der Waals surface area contributed by atoms with Gasteiger partial charge in [-0.2, -0.15) is 0 Å². The third-order valence-electron chi connectivity index (χ3n) is 2.19. The molecule has 1 atom stereocenters. The molecule has 4 nitrogen and oxygen atoms in total. The van der Waals surface area contributed by atoms with E-state index in [9.17, 15) is 4.79 Å². The lowest BCUT2D eigenvalue weighted by molar-refractivity contribution is -0.139. The molecule has 2 N–H and O–H groups in total. The first-order chi connectivity index (χ1) is 7.52. The lowest BCUT2D eigenvalue weighted by atomic mass is 10.3. The molecule has 0 saturated heterocycles. The van der Waals surface area contributed by atoms with Gasteiger partial charge in [0, 0.05) is 27.8 Å². The molecule has 0 bridgehead atoms. The highest BCUT2D eigenvalue weighted by Crippen LogP contribution is 2.20. The second kappa shape index (κ2) is 6.34. The molecule has 16 heavy (non-hydrogen) atoms. The summed E-state index contributed by atoms with van der Waals surface area (Å²) in [5, 5.41) is 13.7. The summed E-state index contributed by atoms with van der Waals surface area (Å²) in [6.07, 6.45) is 0. The Morgan fingerprint density at radius 2 is 2.44 bits per heavy atom. The van der Waals surface area contributed by atoms with Crippen LogP contribution in [0.25, 0.3) is 0 Å². The van der Waals surface area contributed by atoms with E-state index in [1.54, 1.807) is 18.4 Å². The van der Waals surface area contributed by atoms with Crippen LogP contribution in [0.3, 0.4) is 0 Å². The van der Waals surface area contributed by atoms with Gasteiger partial charge in [0.25, 0.3) is 0 Å². The summed E-state index contributed by atoms with van der Waals surface area (Å²) in [6, 6.07) is 1.53. The van der Waals surface area contributed by atoms with Crippen molar-refractivity contribution < 1.29 is 9.90 Å². The second-order valence-electron chi connectivity index (χ2n) is 3.61. The molecule has 0 amide bonds. The number of nitrogens with zero attached hydrogens (tertiary/aromatic N) is 1. The zero-order chi connectivity index (χ0) is 12.1. The Kier molecular flexibility index (Phi) is 5.40. The molecule has 0 aromatic carbocycles. The lowest BCUT2D eigenvalue weighted by Crippen LogP contribution is -2.43. The van der Waals surface area contributed by atoms with Gasteiger partial charge in [0.15, 0.2) is 0 Å². The summed E-state index contributed by atoms with van der Waals surface area (Å²) in [4.78, 5) is 14.0. The number of nitrogens with one attached hydrogen (secondary N) is 1. The summed E-state index contributed by atoms with van der Waals surface area (Å²) in [5.41, 5.74) is 0. The van der Waals surface area contributed by atoms with Crippen LogP contribution in [0.4, 0.5) is 0 Å². The van der Waals surface area contributed by atoms with Crippen molar-refractivity contribution in [2.24, 2.45) is 0 Å². The quantitative estimate of drug-likeness (QED) is 0.838. The standard InChI is InChI=1S/C10H15BrN2O2S/c1-12-9(10(14)15)5-13(2)4-8-3-7(11)6-16-8/h3,6,9,12H,4-5H2,1-2H3,(H,14,15). The fourth-order valence-corrected chi connectivity index (χ4v) is 2.90. The first-order valence-corrected chi connectivity index (χ1v) is 6.51. The molecule has 0 aliphatic carbocycles. The summed E-state index contributed by atoms with van der Waals surface area (Å²) in [6.45, 7) is 1.25. The van der Waals surface area contributed by atoms with Gasteiger partial charge < -0.3 is 10.4 Å². The molecule has 1 aromatic rings. The highest BCUT2D eigenvalue weighted by atomic mass is 79.9. The summed E-state index contributed by atoms with van der Waals surface area (Å²) >= 11 is 5.06. The highest BCUT2D eigenvalue weighted by Gasteiger charge is 2.17. The maximum absolute atomic E-state index is 10.8. The molecule has 1 aromatic heterocycles. The zero-order valence-electron chi connectivity index (χ0n) is 9.24. The van der Waals surface area contributed by atoms with Crippen LogP contribution in [0.5, 0.6) is 0 Å². The highest BCUT2D eigenvalue weighted by molar-refractivity contribution is 9.10. The number of aliphatic carboxylic acids is 1. The van der Waals surface area contributed by atoms with E-state index in [-0.39, 0.29) is 0 Å². The van der Waals surface area contributed by atoms with Gasteiger partial charge in [-0.15, -0.1) is 11.3 Å². The number of rotatable bonds is 6. The molecule has 0 spiro atoms. The van der Waals surface area contributed by atoms with Crippen LogP contribution in [0.15, 0.2) is 15.9 Å². The Morgan fingerprint density at radius 1 is 1.75 bits per heavy atom. The molecule has 1 rings (SSSR count). The van der Waals surface area contributed by atoms with Gasteiger partial charge in [-0.3, -0.25) is 9.69 Å². The van der Waals surface area contributed by atoms with Crippen LogP contribution in [-0.4, -0.2) is 42.7 Å². The van der Waals surface area contributed by atoms with Crippen molar-refractivity contribution in [3.63, 3.8) is 0 Å². The van der Waals surface area contributed by atoms with Crippen molar-refractivity contribution in [1.29, 1.82) is 0 Å². The van der Waals surface area contributed by atoms with Crippen molar-refractivity contribution in [2.45, 2.75) is 12.6 Å². The largest absolute Gasteiger partial charge is 0.480 e. The lowest BCUT2D eigenvalue weighted by Gasteiger charge is -2.20. The smallest absolute Gasteiger partial charge is 0.322 e. The zero-order valence-corrected chi connectivity index (χ0v) is 11.6. The minimum absolute atomic E-state index is 0.487. The normalized spacial score (nSPS) is 13.0. The molecule has 0 saturated carbocycles. The van der Waals surface area contributed by atoms with Gasteiger partial charge in [0.2, 0.25) is 0 Å². The second-order valence-corrected chi connectivity index (χ2v) is 5.52. The van der Waals surface area contributed by atoms with Crippen molar-refractivity contribution in [3.05, 3.63) is 20.8 Å². The number of carboxylic acid groups (broad SMARTS) is 1. The number of carboxylic acids is 1. The molecule has 0 aliphatic heterocycles. The minimum Gasteiger partial charge on any atom is -0.480 e. The maximum Gasteiger partial charge on any atom is 0.322 e. The van der Waals surface area contributed by atoms with Crippen molar-refractivity contribution in [3.8, 4) is 0 Å². The molecule has 6 heteroatoms. The Morgan fingerprint density at radius 3 is 2.88 bits per heavy atom. The van der Waals surface area contributed by atoms with E-state index in [4.69, 9.17) is 5.11 Å². The first kappa shape index (κ1) is 13.6. The average molecular weight is 307 g/mol. The molecule has 0 aliphatic rings. The fraction of sp³-hybridized carbons (Fsp3) is 0.500. The fourth-order valence-electron chi connectivity index (χ4n) is 1.37. The van der Waals surface area contributed by atoms with Gasteiger partial charge in [-0.25, -0.2) is 0 Å². The first-order valence-electron chi connectivity index (χ1n) is 4.84. The van der Waals surface area contributed by atoms with Gasteiger partial charge in [-0.05, 0) is 36.1 Å². The molecular formula is C10H15BrN2O2S. The summed E-state index contributed by atoms with van der Waals surface area (Å²) < 4.78 is 1.07. The van der Waals surface area contributed by atoms with Crippen LogP contribution < -0.4 is 5.32 Å². The van der Waals surface area contributed by atoms with Crippen molar-refractivity contribution in [2.75, 3.05) is 20.6 Å². The number of halogens is 1. The van der Waals surface area contributed by atoms with Gasteiger partial charge >= 0.3 is 5.97 Å². The number of hydrogen-bond acceptors (Lipinski definition) is 4. The van der Waals surface area contributed by atoms with Crippen molar-refractivity contribution in [1.82, 2.24) is 10.2 Å². The predicted molar refractivity (Wildman–Crippen MR) is 68.8 cm³/mol. The average Bonchev–Trinajstić information content (AvgIpc) is 2.60. The monoisotopic (exact) mass is 306 g/mol. The van der Waals surface area contributed by atoms with Crippen molar-refractivity contribution >= 4 is 33.2 Å². The number of hydrogen-bond donors (Lipinski definition) is 2. The SMILES string of the molecule is CNC(CN(C)Cc1cc(Br)cs1)C(=O)O. The molecule has 90 valence electrons. The van der Waals surface area contributed by atoms with Gasteiger partial charge in [0.1, 0.15) is 6.04 Å². The topological polar surface area (TPSA) is 52.6 Å². The van der Waals surface area contributed by atoms with Crippen LogP contribution in [0, 0.1) is 0 Å². The van der Waals surface area contributed by atoms with E-state index >= 15 is 0 Å². The van der Waals surface area contributed by atoms with E-state index in [1.807, 2.05) is 17.3 Å². The van der Waals surface area contributed by atoms with Crippen LogP contribution in [-0.2, 0) is 11.3 Å². The Bertz CT molecular complexity index is 356. The molecule has 1 unspecified atom stereocenters. The molecular weight excluding hydrogens is 292 g/mol. The molecule has 0 radical (unpaired) electrons. The Balaban J connectivity index is 2.46. The van der Waals surface area contributed by atoms with Crippen LogP contribution in [0.2, 0.25) is 0 Å². The van der Waals surface area contributed by atoms with Gasteiger partial charge in [0.05, 0.1) is 0 Å². The van der Waals surface area contributed by atoms with E-state index in [0.717, 1.165) is 11.0 Å². The van der Waals surface area contributed by atoms with Gasteiger partial charge in [-0.1, -0.05) is 0 Å². The van der Waals surface area contributed by atoms with E-state index < -0.39 is 12.0 Å². The van der Waals surface area contributed by atoms with Crippen LogP contribution in [0.1, 0.15) is 4.88 Å². The Hall–Kier alpha value is -0.430. The predicted octanol–water partition coefficient (Wildman–Crippen LogP) is 1.61. The Labute approximate surface area is 107 Å². The minimum atomic E-state index is -0.818. The summed E-state index contributed by atoms with van der Waals surface area (Å²) in [5.74, 6) is -0.818. The van der Waals surface area contributed by atoms with E-state index in [1.165, 1.54) is 4.88 Å². The van der Waals surface area contributed by atoms with E-state index in [0.29, 0.717) is 6.54 Å². The third kappa shape index (κ3) is 4.21. The van der Waals surface area contributed by atoms with Crippen LogP contribution >= 0.6 is 27.3 Å². The van der Waals surface area contributed by atoms with E-state index in [2.05, 4.69) is 27.3 Å². The third-order valence-corrected chi connectivity index (χ3v) is 3.87. The molecule has 0 fully saturated rings. The molecule has 1 heterocycles. The summed E-state index contributed by atoms with van der Waals surface area (Å²) in [7, 11) is 3.58. The number of thiophene rings is 1. The maximum atomic E-state index is 10.8.